The van der Waals surface area contributed by atoms with Gasteiger partial charge < -0.3 is 0 Å². The van der Waals surface area contributed by atoms with Gasteiger partial charge in [-0.2, -0.15) is 41.6 Å². The van der Waals surface area contributed by atoms with Crippen molar-refractivity contribution in [2.24, 2.45) is 0 Å². The number of rotatable bonds is 6. The minimum absolute atomic E-state index is 0.544. The van der Waals surface area contributed by atoms with Crippen LogP contribution in [0.3, 0.4) is 0 Å². The molecule has 0 unspecified atom stereocenters. The molecule has 0 aromatic heterocycles. The van der Waals surface area contributed by atoms with Crippen LogP contribution in [0.4, 0.5) is 0 Å². The number of halogens is 2. The minimum atomic E-state index is -0.826. The van der Waals surface area contributed by atoms with Crippen LogP contribution >= 0.6 is 17.0 Å². The van der Waals surface area contributed by atoms with Crippen molar-refractivity contribution in [1.82, 2.24) is 0 Å². The van der Waals surface area contributed by atoms with Crippen LogP contribution in [0.25, 0.3) is 54.9 Å². The molecule has 8 aromatic carbocycles. The molecule has 0 nitrogen and oxygen atoms in total. The van der Waals surface area contributed by atoms with Gasteiger partial charge in [0.15, 0.2) is 0 Å². The average Bonchev–Trinajstić information content (AvgIpc) is 3.96. The molecule has 0 atom stereocenters. The molecule has 0 aliphatic carbocycles. The van der Waals surface area contributed by atoms with E-state index in [1.807, 2.05) is 6.07 Å². The van der Waals surface area contributed by atoms with Gasteiger partial charge in [-0.05, 0) is 46.9 Å². The zero-order valence-electron chi connectivity index (χ0n) is 33.3. The molecule has 0 fully saturated rings. The first-order chi connectivity index (χ1) is 27.3. The van der Waals surface area contributed by atoms with Crippen molar-refractivity contribution >= 4 is 58.5 Å². The number of aryl methyl sites for hydroxylation is 2. The number of hydrogen-bond acceptors (Lipinski definition) is 0. The monoisotopic (exact) mass is 861 g/mol. The van der Waals surface area contributed by atoms with Gasteiger partial charge in [-0.25, -0.2) is 0 Å². The molecule has 9 rings (SSSR count). The smallest absolute Gasteiger partial charge is 0.0920 e. The van der Waals surface area contributed by atoms with Crippen molar-refractivity contribution in [3.05, 3.63) is 180 Å². The molecular weight excluding hydrogens is 815 g/mol. The number of fused-ring (bicyclic) bond motifs is 5. The number of benzene rings is 6. The fourth-order valence-corrected chi connectivity index (χ4v) is 9.00. The first kappa shape index (κ1) is 41.8. The van der Waals surface area contributed by atoms with Crippen molar-refractivity contribution < 1.29 is 20.8 Å². The molecule has 1 heterocycles. The maximum atomic E-state index is 4.93. The third kappa shape index (κ3) is 9.66. The first-order valence-corrected chi connectivity index (χ1v) is 27.0. The van der Waals surface area contributed by atoms with E-state index in [0.717, 1.165) is 22.4 Å². The summed E-state index contributed by atoms with van der Waals surface area (Å²) < 4.78 is 0. The number of hydrogen-bond donors (Lipinski definition) is 0. The Morgan fingerprint density at radius 2 is 0.964 bits per heavy atom. The van der Waals surface area contributed by atoms with E-state index in [4.69, 9.17) is 17.0 Å². The Morgan fingerprint density at radius 1 is 0.536 bits per heavy atom. The summed E-state index contributed by atoms with van der Waals surface area (Å²) in [6.07, 6.45) is 2.19. The topological polar surface area (TPSA) is 0 Å². The van der Waals surface area contributed by atoms with Gasteiger partial charge in [-0.15, -0.1) is 74.6 Å². The summed E-state index contributed by atoms with van der Waals surface area (Å²) in [4.78, 5) is 0. The molecule has 56 heavy (non-hydrogen) atoms. The molecule has 1 aliphatic heterocycles. The maximum Gasteiger partial charge on any atom is 0.0920 e. The molecule has 4 heteroatoms. The zero-order valence-corrected chi connectivity index (χ0v) is 38.2. The predicted molar refractivity (Wildman–Crippen MR) is 244 cm³/mol. The van der Waals surface area contributed by atoms with Gasteiger partial charge in [0.25, 0.3) is 0 Å². The van der Waals surface area contributed by atoms with E-state index in [9.17, 15) is 0 Å². The fourth-order valence-electron chi connectivity index (χ4n) is 7.69. The van der Waals surface area contributed by atoms with Crippen LogP contribution in [0.2, 0.25) is 0 Å². The summed E-state index contributed by atoms with van der Waals surface area (Å²) in [6, 6.07) is 58.4. The van der Waals surface area contributed by atoms with Crippen molar-refractivity contribution in [3.63, 3.8) is 0 Å². The van der Waals surface area contributed by atoms with Gasteiger partial charge in [-0.3, -0.25) is 0 Å². The largest absolute Gasteiger partial charge is 0.184 e. The zero-order chi connectivity index (χ0) is 39.6. The third-order valence-corrected chi connectivity index (χ3v) is 11.9. The fraction of sp³-hybridized carbons (Fsp3) is 0.192. The van der Waals surface area contributed by atoms with Crippen molar-refractivity contribution in [2.45, 2.75) is 66.2 Å². The summed E-state index contributed by atoms with van der Waals surface area (Å²) in [6.45, 7) is 13.5. The van der Waals surface area contributed by atoms with Gasteiger partial charge in [0.1, 0.15) is 0 Å². The van der Waals surface area contributed by atoms with Crippen molar-refractivity contribution in [1.29, 1.82) is 0 Å². The van der Waals surface area contributed by atoms with Crippen molar-refractivity contribution in [3.8, 4) is 33.4 Å². The van der Waals surface area contributed by atoms with Crippen LogP contribution in [0.5, 0.6) is 0 Å². The van der Waals surface area contributed by atoms with Crippen molar-refractivity contribution in [2.75, 3.05) is 0 Å². The van der Waals surface area contributed by atoms with Gasteiger partial charge in [-0.1, -0.05) is 148 Å². The maximum absolute atomic E-state index is 4.93. The van der Waals surface area contributed by atoms with Gasteiger partial charge in [0.2, 0.25) is 0 Å². The molecular formula is C52H49Cl2SiZr-3. The molecule has 1 aliphatic rings. The molecule has 282 valence electrons. The van der Waals surface area contributed by atoms with Crippen LogP contribution in [0, 0.1) is 6.07 Å². The molecule has 0 amide bonds. The normalized spacial score (nSPS) is 11.2. The molecule has 0 spiro atoms. The molecule has 0 bridgehead atoms. The summed E-state index contributed by atoms with van der Waals surface area (Å²) in [7, 11) is 10.7. The summed E-state index contributed by atoms with van der Waals surface area (Å²) in [5, 5.41) is 8.31. The van der Waals surface area contributed by atoms with Gasteiger partial charge >= 0.3 is 37.9 Å². The van der Waals surface area contributed by atoms with Crippen LogP contribution < -0.4 is 10.4 Å². The van der Waals surface area contributed by atoms with E-state index in [-0.39, 0.29) is 0 Å². The van der Waals surface area contributed by atoms with E-state index in [1.54, 1.807) is 0 Å². The molecule has 8 aromatic rings. The van der Waals surface area contributed by atoms with E-state index >= 15 is 0 Å². The van der Waals surface area contributed by atoms with Crippen LogP contribution in [0.1, 0.15) is 75.6 Å². The first-order valence-electron chi connectivity index (χ1n) is 19.7. The third-order valence-electron chi connectivity index (χ3n) is 10.5. The molecule has 2 radical (unpaired) electrons. The van der Waals surface area contributed by atoms with Crippen LogP contribution in [0.15, 0.2) is 152 Å². The Hall–Kier alpha value is -3.78. The predicted octanol–water partition coefficient (Wildman–Crippen LogP) is 14.3. The van der Waals surface area contributed by atoms with E-state index in [1.165, 1.54) is 87.6 Å². The Kier molecular flexibility index (Phi) is 15.0. The van der Waals surface area contributed by atoms with Gasteiger partial charge in [0.05, 0.1) is 9.52 Å². The van der Waals surface area contributed by atoms with Gasteiger partial charge in [0, 0.05) is 0 Å². The SMILES string of the molecule is CCc1cc2c(-c3ccccc3C(C)C)cccc2[cH-]1.CCc1cc2c(-c3ccccc3C(C)C)cccc2[cH-]1.[Cl][Zr][Cl].[c-]1cccc2c1[Si]c1ccccc1-2. The second-order valence-corrected chi connectivity index (χ2v) is 19.8. The molecule has 0 saturated carbocycles. The van der Waals surface area contributed by atoms with E-state index < -0.39 is 20.8 Å². The summed E-state index contributed by atoms with van der Waals surface area (Å²) in [5.74, 6) is 1.09. The quantitative estimate of drug-likeness (QED) is 0.115. The standard InChI is InChI=1S/2C20H21.C12H7Si.2ClH.Zr/c2*1-4-15-12-16-8-7-11-19(20(16)13-15)18-10-6-5-9-17(18)14(2)3;1-3-7-11-9(5-1)10-6-2-4-8-12(10)13-11;;;/h2*5-14H,4H2,1-3H3;1-7H;2*1H;/q3*-1;;;+2/p-2. The molecule has 0 saturated heterocycles. The second kappa shape index (κ2) is 20.1. The Balaban J connectivity index is 0.000000140. The van der Waals surface area contributed by atoms with E-state index in [2.05, 4.69) is 193 Å². The summed E-state index contributed by atoms with van der Waals surface area (Å²) in [5.41, 5.74) is 14.0. The average molecular weight is 864 g/mol. The van der Waals surface area contributed by atoms with Crippen LogP contribution in [-0.2, 0) is 33.7 Å². The Bertz CT molecular complexity index is 2330. The second-order valence-electron chi connectivity index (χ2n) is 14.7. The Labute approximate surface area is 356 Å². The minimum Gasteiger partial charge on any atom is -0.184 e. The van der Waals surface area contributed by atoms with E-state index in [0.29, 0.717) is 11.8 Å². The van der Waals surface area contributed by atoms with Crippen LogP contribution in [-0.4, -0.2) is 9.52 Å². The Morgan fingerprint density at radius 3 is 1.45 bits per heavy atom. The summed E-state index contributed by atoms with van der Waals surface area (Å²) >= 11 is -0.826. The molecule has 0 N–H and O–H groups in total.